The summed E-state index contributed by atoms with van der Waals surface area (Å²) < 4.78 is 1.47. The number of aromatic carboxylic acids is 1. The van der Waals surface area contributed by atoms with Gasteiger partial charge in [-0.25, -0.2) is 14.5 Å². The van der Waals surface area contributed by atoms with Crippen LogP contribution in [0.25, 0.3) is 5.69 Å². The quantitative estimate of drug-likeness (QED) is 0.926. The van der Waals surface area contributed by atoms with Gasteiger partial charge in [-0.05, 0) is 19.1 Å². The number of aromatic nitrogens is 3. The number of carbonyl (C=O) groups is 1. The SMILES string of the molecule is Cc1ncn(-c2cc(Cl)c(C(=O)O)c(Cl)c2)n1.Cl. The van der Waals surface area contributed by atoms with Gasteiger partial charge in [0.15, 0.2) is 0 Å². The summed E-state index contributed by atoms with van der Waals surface area (Å²) in [5.74, 6) is -0.569. The predicted octanol–water partition coefficient (Wildman–Crippen LogP) is 3.00. The third-order valence-electron chi connectivity index (χ3n) is 2.11. The number of hydrogen-bond donors (Lipinski definition) is 1. The van der Waals surface area contributed by atoms with E-state index in [1.165, 1.54) is 23.1 Å². The number of hydrogen-bond acceptors (Lipinski definition) is 3. The van der Waals surface area contributed by atoms with E-state index in [1.54, 1.807) is 6.92 Å². The molecule has 2 aromatic rings. The van der Waals surface area contributed by atoms with Gasteiger partial charge in [0, 0.05) is 0 Å². The van der Waals surface area contributed by atoms with E-state index in [0.29, 0.717) is 11.5 Å². The molecule has 2 rings (SSSR count). The summed E-state index contributed by atoms with van der Waals surface area (Å²) in [5.41, 5.74) is 0.444. The molecule has 0 saturated heterocycles. The number of carboxylic acids is 1. The first-order chi connectivity index (χ1) is 7.99. The number of benzene rings is 1. The highest BCUT2D eigenvalue weighted by molar-refractivity contribution is 6.39. The van der Waals surface area contributed by atoms with Crippen LogP contribution in [0.4, 0.5) is 0 Å². The highest BCUT2D eigenvalue weighted by Crippen LogP contribution is 2.28. The van der Waals surface area contributed by atoms with Gasteiger partial charge in [0.2, 0.25) is 0 Å². The smallest absolute Gasteiger partial charge is 0.338 e. The van der Waals surface area contributed by atoms with Crippen molar-refractivity contribution in [1.29, 1.82) is 0 Å². The molecule has 1 aromatic heterocycles. The molecule has 8 heteroatoms. The van der Waals surface area contributed by atoms with Crippen LogP contribution in [0.5, 0.6) is 0 Å². The van der Waals surface area contributed by atoms with E-state index in [0.717, 1.165) is 0 Å². The molecule has 0 spiro atoms. The summed E-state index contributed by atoms with van der Waals surface area (Å²) >= 11 is 11.7. The normalized spacial score (nSPS) is 9.94. The molecule has 1 aromatic carbocycles. The molecule has 1 heterocycles. The summed E-state index contributed by atoms with van der Waals surface area (Å²) in [6.45, 7) is 1.74. The van der Waals surface area contributed by atoms with E-state index < -0.39 is 5.97 Å². The van der Waals surface area contributed by atoms with Crippen LogP contribution < -0.4 is 0 Å². The monoisotopic (exact) mass is 307 g/mol. The highest BCUT2D eigenvalue weighted by atomic mass is 35.5. The second-order valence-electron chi connectivity index (χ2n) is 3.33. The Morgan fingerprint density at radius 1 is 1.33 bits per heavy atom. The fourth-order valence-electron chi connectivity index (χ4n) is 1.37. The van der Waals surface area contributed by atoms with Crippen LogP contribution in [0.15, 0.2) is 18.5 Å². The first-order valence-corrected chi connectivity index (χ1v) is 5.35. The Bertz CT molecular complexity index is 575. The second-order valence-corrected chi connectivity index (χ2v) is 4.14. The van der Waals surface area contributed by atoms with Crippen molar-refractivity contribution in [2.75, 3.05) is 0 Å². The minimum atomic E-state index is -1.17. The average molecular weight is 309 g/mol. The van der Waals surface area contributed by atoms with E-state index in [2.05, 4.69) is 10.1 Å². The standard InChI is InChI=1S/C10H7Cl2N3O2.ClH/c1-5-13-4-15(14-5)6-2-7(11)9(10(16)17)8(12)3-6;/h2-4H,1H3,(H,16,17);1H. The summed E-state index contributed by atoms with van der Waals surface area (Å²) in [4.78, 5) is 14.9. The number of nitrogens with zero attached hydrogens (tertiary/aromatic N) is 3. The molecule has 0 aliphatic heterocycles. The number of aryl methyl sites for hydroxylation is 1. The first-order valence-electron chi connectivity index (χ1n) is 4.60. The van der Waals surface area contributed by atoms with E-state index >= 15 is 0 Å². The number of carboxylic acid groups (broad SMARTS) is 1. The molecular weight excluding hydrogens is 300 g/mol. The summed E-state index contributed by atoms with van der Waals surface area (Å²) in [5, 5.41) is 13.1. The van der Waals surface area contributed by atoms with Gasteiger partial charge in [0.05, 0.1) is 21.3 Å². The van der Waals surface area contributed by atoms with Crippen molar-refractivity contribution in [3.63, 3.8) is 0 Å². The van der Waals surface area contributed by atoms with Crippen molar-refractivity contribution in [3.05, 3.63) is 39.9 Å². The minimum Gasteiger partial charge on any atom is -0.478 e. The maximum absolute atomic E-state index is 10.9. The van der Waals surface area contributed by atoms with E-state index in [-0.39, 0.29) is 28.0 Å². The Balaban J connectivity index is 0.00000162. The van der Waals surface area contributed by atoms with Crippen molar-refractivity contribution >= 4 is 41.6 Å². The molecule has 0 amide bonds. The van der Waals surface area contributed by atoms with Gasteiger partial charge in [-0.15, -0.1) is 12.4 Å². The Morgan fingerprint density at radius 3 is 2.28 bits per heavy atom. The Kier molecular flexibility index (Phi) is 4.56. The average Bonchev–Trinajstić information content (AvgIpc) is 2.63. The molecule has 0 radical (unpaired) electrons. The molecule has 0 fully saturated rings. The van der Waals surface area contributed by atoms with Gasteiger partial charge in [-0.2, -0.15) is 5.10 Å². The van der Waals surface area contributed by atoms with Gasteiger partial charge < -0.3 is 5.11 Å². The molecular formula is C10H8Cl3N3O2. The van der Waals surface area contributed by atoms with E-state index in [9.17, 15) is 4.79 Å². The minimum absolute atomic E-state index is 0. The third kappa shape index (κ3) is 2.75. The molecule has 96 valence electrons. The molecule has 0 saturated carbocycles. The molecule has 0 aliphatic carbocycles. The van der Waals surface area contributed by atoms with Gasteiger partial charge in [-0.3, -0.25) is 0 Å². The van der Waals surface area contributed by atoms with E-state index in [4.69, 9.17) is 28.3 Å². The largest absolute Gasteiger partial charge is 0.478 e. The molecule has 1 N–H and O–H groups in total. The van der Waals surface area contributed by atoms with Crippen molar-refractivity contribution in [3.8, 4) is 5.69 Å². The Labute approximate surface area is 119 Å². The van der Waals surface area contributed by atoms with Crippen LogP contribution in [-0.2, 0) is 0 Å². The van der Waals surface area contributed by atoms with Crippen molar-refractivity contribution in [2.24, 2.45) is 0 Å². The van der Waals surface area contributed by atoms with Gasteiger partial charge in [-0.1, -0.05) is 23.2 Å². The molecule has 0 atom stereocenters. The van der Waals surface area contributed by atoms with Crippen molar-refractivity contribution in [2.45, 2.75) is 6.92 Å². The van der Waals surface area contributed by atoms with E-state index in [1.807, 2.05) is 0 Å². The molecule has 5 nitrogen and oxygen atoms in total. The van der Waals surface area contributed by atoms with Gasteiger partial charge in [0.1, 0.15) is 12.2 Å². The zero-order valence-corrected chi connectivity index (χ0v) is 11.4. The lowest BCUT2D eigenvalue weighted by Crippen LogP contribution is -2.02. The lowest BCUT2D eigenvalue weighted by Gasteiger charge is -2.06. The fourth-order valence-corrected chi connectivity index (χ4v) is 2.00. The number of halogens is 3. The first kappa shape index (κ1) is 14.8. The maximum Gasteiger partial charge on any atom is 0.338 e. The maximum atomic E-state index is 10.9. The molecule has 18 heavy (non-hydrogen) atoms. The lowest BCUT2D eigenvalue weighted by molar-refractivity contribution is 0.0697. The van der Waals surface area contributed by atoms with Crippen molar-refractivity contribution < 1.29 is 9.90 Å². The van der Waals surface area contributed by atoms with Crippen LogP contribution in [0.3, 0.4) is 0 Å². The summed E-state index contributed by atoms with van der Waals surface area (Å²) in [7, 11) is 0. The fraction of sp³-hybridized carbons (Fsp3) is 0.100. The zero-order valence-electron chi connectivity index (χ0n) is 9.09. The van der Waals surface area contributed by atoms with Crippen LogP contribution in [0.1, 0.15) is 16.2 Å². The van der Waals surface area contributed by atoms with Gasteiger partial charge in [0.25, 0.3) is 0 Å². The topological polar surface area (TPSA) is 68.0 Å². The molecule has 0 aliphatic rings. The Hall–Kier alpha value is -1.30. The van der Waals surface area contributed by atoms with Crippen LogP contribution in [0.2, 0.25) is 10.0 Å². The number of rotatable bonds is 2. The second kappa shape index (κ2) is 5.56. The molecule has 0 unspecified atom stereocenters. The van der Waals surface area contributed by atoms with Crippen molar-refractivity contribution in [1.82, 2.24) is 14.8 Å². The zero-order chi connectivity index (χ0) is 12.6. The third-order valence-corrected chi connectivity index (χ3v) is 2.71. The van der Waals surface area contributed by atoms with Crippen LogP contribution >= 0.6 is 35.6 Å². The summed E-state index contributed by atoms with van der Waals surface area (Å²) in [6.07, 6.45) is 1.50. The van der Waals surface area contributed by atoms with Crippen LogP contribution in [-0.4, -0.2) is 25.8 Å². The Morgan fingerprint density at radius 2 is 1.89 bits per heavy atom. The lowest BCUT2D eigenvalue weighted by atomic mass is 10.2. The summed E-state index contributed by atoms with van der Waals surface area (Å²) in [6, 6.07) is 2.95. The predicted molar refractivity (Wildman–Crippen MR) is 70.3 cm³/mol. The van der Waals surface area contributed by atoms with Gasteiger partial charge >= 0.3 is 5.97 Å². The van der Waals surface area contributed by atoms with Crippen LogP contribution in [0, 0.1) is 6.92 Å². The highest BCUT2D eigenvalue weighted by Gasteiger charge is 2.15. The molecule has 0 bridgehead atoms.